The van der Waals surface area contributed by atoms with Crippen molar-refractivity contribution in [1.29, 1.82) is 0 Å². The summed E-state index contributed by atoms with van der Waals surface area (Å²) in [5, 5.41) is 1.34. The lowest BCUT2D eigenvalue weighted by Crippen LogP contribution is -2.37. The lowest BCUT2D eigenvalue weighted by atomic mass is 10.2. The maximum atomic E-state index is 13.1. The zero-order valence-corrected chi connectivity index (χ0v) is 17.1. The van der Waals surface area contributed by atoms with E-state index in [1.165, 1.54) is 22.7 Å². The van der Waals surface area contributed by atoms with Crippen LogP contribution in [0.1, 0.15) is 28.1 Å². The van der Waals surface area contributed by atoms with E-state index in [4.69, 9.17) is 32.9 Å². The topological polar surface area (TPSA) is 42.4 Å². The molecule has 0 N–H and O–H groups in total. The largest absolute Gasteiger partial charge is 0.376 e. The Kier molecular flexibility index (Phi) is 5.21. The number of rotatable bonds is 4. The highest BCUT2D eigenvalue weighted by Gasteiger charge is 2.28. The molecule has 0 spiro atoms. The fourth-order valence-corrected chi connectivity index (χ4v) is 5.18. The zero-order valence-electron chi connectivity index (χ0n) is 14.0. The smallest absolute Gasteiger partial charge is 0.270 e. The number of hydrogen-bond acceptors (Lipinski definition) is 5. The normalized spacial score (nSPS) is 17.1. The fourth-order valence-electron chi connectivity index (χ4n) is 3.01. The van der Waals surface area contributed by atoms with E-state index in [0.717, 1.165) is 35.2 Å². The molecule has 2 aromatic heterocycles. The number of amides is 1. The van der Waals surface area contributed by atoms with Gasteiger partial charge in [-0.15, -0.1) is 11.3 Å². The van der Waals surface area contributed by atoms with E-state index in [9.17, 15) is 4.79 Å². The molecule has 1 fully saturated rings. The lowest BCUT2D eigenvalue weighted by molar-refractivity contribution is 0.0920. The van der Waals surface area contributed by atoms with E-state index in [1.54, 1.807) is 17.0 Å². The monoisotopic (exact) mass is 426 g/mol. The van der Waals surface area contributed by atoms with Gasteiger partial charge in [0, 0.05) is 11.6 Å². The molecule has 4 nitrogen and oxygen atoms in total. The molecule has 26 heavy (non-hydrogen) atoms. The van der Waals surface area contributed by atoms with Gasteiger partial charge in [-0.25, -0.2) is 4.98 Å². The molecule has 3 heterocycles. The highest BCUT2D eigenvalue weighted by molar-refractivity contribution is 7.22. The van der Waals surface area contributed by atoms with Crippen LogP contribution in [0, 0.1) is 6.92 Å². The zero-order chi connectivity index (χ0) is 18.3. The number of thiazole rings is 1. The Morgan fingerprint density at radius 2 is 2.15 bits per heavy atom. The number of hydrogen-bond donors (Lipinski definition) is 0. The fraction of sp³-hybridized carbons (Fsp3) is 0.333. The van der Waals surface area contributed by atoms with Gasteiger partial charge in [-0.05, 0) is 49.6 Å². The maximum absolute atomic E-state index is 13.1. The van der Waals surface area contributed by atoms with Gasteiger partial charge in [0.05, 0.1) is 32.1 Å². The number of halogens is 2. The number of benzene rings is 1. The second-order valence-electron chi connectivity index (χ2n) is 6.17. The predicted octanol–water partition coefficient (Wildman–Crippen LogP) is 5.80. The molecule has 1 saturated heterocycles. The van der Waals surface area contributed by atoms with Crippen LogP contribution in [0.3, 0.4) is 0 Å². The average Bonchev–Trinajstić information content (AvgIpc) is 3.36. The van der Waals surface area contributed by atoms with Crippen LogP contribution in [0.2, 0.25) is 9.36 Å². The first kappa shape index (κ1) is 18.2. The molecule has 0 aliphatic carbocycles. The van der Waals surface area contributed by atoms with Gasteiger partial charge in [0.15, 0.2) is 5.13 Å². The summed E-state index contributed by atoms with van der Waals surface area (Å²) in [6.45, 7) is 3.17. The molecule has 1 amide bonds. The minimum absolute atomic E-state index is 0.0334. The van der Waals surface area contributed by atoms with Crippen LogP contribution in [0.4, 0.5) is 5.13 Å². The van der Waals surface area contributed by atoms with E-state index >= 15 is 0 Å². The number of ether oxygens (including phenoxy) is 1. The minimum Gasteiger partial charge on any atom is -0.376 e. The van der Waals surface area contributed by atoms with Gasteiger partial charge in [-0.1, -0.05) is 34.5 Å². The Bertz CT molecular complexity index is 963. The molecule has 3 aromatic rings. The highest BCUT2D eigenvalue weighted by atomic mass is 35.5. The molecule has 1 aliphatic heterocycles. The summed E-state index contributed by atoms with van der Waals surface area (Å²) in [7, 11) is 0. The Hall–Kier alpha value is -1.18. The molecule has 1 aromatic carbocycles. The summed E-state index contributed by atoms with van der Waals surface area (Å²) in [4.78, 5) is 20.2. The number of anilines is 1. The van der Waals surface area contributed by atoms with Crippen LogP contribution in [0.25, 0.3) is 10.2 Å². The Morgan fingerprint density at radius 3 is 2.85 bits per heavy atom. The number of carbonyl (C=O) groups is 1. The van der Waals surface area contributed by atoms with Crippen molar-refractivity contribution in [2.75, 3.05) is 18.1 Å². The van der Waals surface area contributed by atoms with E-state index in [1.807, 2.05) is 19.1 Å². The van der Waals surface area contributed by atoms with Gasteiger partial charge >= 0.3 is 0 Å². The first-order chi connectivity index (χ1) is 12.5. The molecule has 1 atom stereocenters. The number of fused-ring (bicyclic) bond motifs is 1. The van der Waals surface area contributed by atoms with Crippen molar-refractivity contribution in [3.8, 4) is 0 Å². The second kappa shape index (κ2) is 7.44. The highest BCUT2D eigenvalue weighted by Crippen LogP contribution is 2.35. The van der Waals surface area contributed by atoms with Crippen LogP contribution in [0.15, 0.2) is 24.3 Å². The summed E-state index contributed by atoms with van der Waals surface area (Å²) in [5.74, 6) is -0.0970. The first-order valence-electron chi connectivity index (χ1n) is 8.27. The molecule has 136 valence electrons. The number of thiophene rings is 1. The first-order valence-corrected chi connectivity index (χ1v) is 10.7. The van der Waals surface area contributed by atoms with Crippen LogP contribution in [-0.4, -0.2) is 30.1 Å². The third-order valence-corrected chi connectivity index (χ3v) is 7.08. The molecular formula is C18H16Cl2N2O2S2. The predicted molar refractivity (Wildman–Crippen MR) is 109 cm³/mol. The van der Waals surface area contributed by atoms with Gasteiger partial charge < -0.3 is 4.74 Å². The van der Waals surface area contributed by atoms with Crippen molar-refractivity contribution in [1.82, 2.24) is 4.98 Å². The lowest BCUT2D eigenvalue weighted by Gasteiger charge is -2.22. The quantitative estimate of drug-likeness (QED) is 0.529. The Morgan fingerprint density at radius 1 is 1.31 bits per heavy atom. The van der Waals surface area contributed by atoms with Gasteiger partial charge in [0.1, 0.15) is 0 Å². The molecular weight excluding hydrogens is 411 g/mol. The van der Waals surface area contributed by atoms with Crippen molar-refractivity contribution < 1.29 is 9.53 Å². The summed E-state index contributed by atoms with van der Waals surface area (Å²) in [5.41, 5.74) is 1.77. The van der Waals surface area contributed by atoms with E-state index < -0.39 is 0 Å². The van der Waals surface area contributed by atoms with Gasteiger partial charge in [0.2, 0.25) is 0 Å². The van der Waals surface area contributed by atoms with Crippen LogP contribution >= 0.6 is 45.9 Å². The molecule has 4 rings (SSSR count). The Balaban J connectivity index is 1.74. The van der Waals surface area contributed by atoms with E-state index in [0.29, 0.717) is 25.9 Å². The van der Waals surface area contributed by atoms with Crippen molar-refractivity contribution in [3.63, 3.8) is 0 Å². The third-order valence-electron chi connectivity index (χ3n) is 4.41. The van der Waals surface area contributed by atoms with Crippen LogP contribution < -0.4 is 4.90 Å². The van der Waals surface area contributed by atoms with Gasteiger partial charge in [-0.2, -0.15) is 0 Å². The average molecular weight is 427 g/mol. The second-order valence-corrected chi connectivity index (χ2v) is 9.30. The van der Waals surface area contributed by atoms with Crippen molar-refractivity contribution in [2.24, 2.45) is 0 Å². The van der Waals surface area contributed by atoms with Crippen molar-refractivity contribution in [3.05, 3.63) is 44.1 Å². The van der Waals surface area contributed by atoms with Crippen molar-refractivity contribution >= 4 is 67.1 Å². The number of aryl methyl sites for hydroxylation is 1. The summed E-state index contributed by atoms with van der Waals surface area (Å²) < 4.78 is 7.36. The number of nitrogens with zero attached hydrogens (tertiary/aromatic N) is 2. The third kappa shape index (κ3) is 3.49. The SMILES string of the molecule is Cc1c(Cl)ccc2sc(N(C[C@H]3CCCO3)C(=O)c3ccc(Cl)s3)nc12. The Labute approximate surface area is 169 Å². The summed E-state index contributed by atoms with van der Waals surface area (Å²) in [6.07, 6.45) is 2.00. The number of aromatic nitrogens is 1. The van der Waals surface area contributed by atoms with E-state index in [2.05, 4.69) is 0 Å². The maximum Gasteiger partial charge on any atom is 0.270 e. The minimum atomic E-state index is -0.0970. The van der Waals surface area contributed by atoms with Crippen LogP contribution in [0.5, 0.6) is 0 Å². The summed E-state index contributed by atoms with van der Waals surface area (Å²) in [6, 6.07) is 7.31. The van der Waals surface area contributed by atoms with Crippen LogP contribution in [-0.2, 0) is 4.74 Å². The molecule has 0 radical (unpaired) electrons. The van der Waals surface area contributed by atoms with E-state index in [-0.39, 0.29) is 12.0 Å². The molecule has 1 aliphatic rings. The van der Waals surface area contributed by atoms with Crippen molar-refractivity contribution in [2.45, 2.75) is 25.9 Å². The molecule has 0 unspecified atom stereocenters. The van der Waals surface area contributed by atoms with Gasteiger partial charge in [0.25, 0.3) is 5.91 Å². The molecule has 0 bridgehead atoms. The standard InChI is InChI=1S/C18H16Cl2N2O2S2/c1-10-12(19)4-5-13-16(10)21-18(26-13)22(9-11-3-2-8-24-11)17(23)14-6-7-15(20)25-14/h4-7,11H,2-3,8-9H2,1H3/t11-/m1/s1. The summed E-state index contributed by atoms with van der Waals surface area (Å²) >= 11 is 15.0. The van der Waals surface area contributed by atoms with Gasteiger partial charge in [-0.3, -0.25) is 9.69 Å². The number of carbonyl (C=O) groups excluding carboxylic acids is 1. The molecule has 8 heteroatoms. The molecule has 0 saturated carbocycles.